The number of aromatic nitrogens is 3. The zero-order valence-electron chi connectivity index (χ0n) is 29.9. The highest BCUT2D eigenvalue weighted by atomic mass is 35.5. The number of piperidine rings is 1. The molecular formula is C38H40ClFN6O6S. The standard InChI is InChI=1S/C38H40ClFN6O6S/c1-23-13-14-26-27(15-16-30(40)32(26)45-53(48,49)22-24-9-6-12-29(39)34(24)50-5)33(23)51-35-28(11-7-18-41-35)31-17-19-42-36(44-31)43-25-10-8-20-46(21-25)37(47)52-38(2,3)4/h6-7,9,11-19,25,45H,8,10,20-22H2,1-5H3,(H,42,43,44)/t25-/m0/s1. The predicted molar refractivity (Wildman–Crippen MR) is 203 cm³/mol. The molecule has 53 heavy (non-hydrogen) atoms. The smallest absolute Gasteiger partial charge is 0.410 e. The molecule has 3 aromatic carbocycles. The Hall–Kier alpha value is -5.21. The van der Waals surface area contributed by atoms with Gasteiger partial charge >= 0.3 is 6.09 Å². The molecule has 1 saturated heterocycles. The number of fused-ring (bicyclic) bond motifs is 1. The SMILES string of the molecule is COc1c(Cl)cccc1CS(=O)(=O)Nc1c(F)ccc2c(Oc3ncccc3-c3ccnc(N[C@H]4CCCN(C(=O)OC(C)(C)C)C4)n3)c(C)ccc12. The van der Waals surface area contributed by atoms with Gasteiger partial charge in [-0.05, 0) is 82.5 Å². The van der Waals surface area contributed by atoms with E-state index < -0.39 is 27.2 Å². The van der Waals surface area contributed by atoms with Crippen LogP contribution in [-0.2, 0) is 20.5 Å². The van der Waals surface area contributed by atoms with E-state index in [4.69, 9.17) is 30.8 Å². The Labute approximate surface area is 312 Å². The topological polar surface area (TPSA) is 145 Å². The van der Waals surface area contributed by atoms with Gasteiger partial charge in [0, 0.05) is 47.9 Å². The molecule has 0 unspecified atom stereocenters. The van der Waals surface area contributed by atoms with E-state index in [1.54, 1.807) is 59.8 Å². The number of benzene rings is 3. The van der Waals surface area contributed by atoms with Crippen LogP contribution in [0.2, 0.25) is 5.02 Å². The van der Waals surface area contributed by atoms with Gasteiger partial charge in [-0.25, -0.2) is 32.6 Å². The van der Waals surface area contributed by atoms with E-state index in [-0.39, 0.29) is 39.9 Å². The summed E-state index contributed by atoms with van der Waals surface area (Å²) in [5.41, 5.74) is 1.29. The van der Waals surface area contributed by atoms with Crippen molar-refractivity contribution in [2.24, 2.45) is 0 Å². The highest BCUT2D eigenvalue weighted by Gasteiger charge is 2.28. The largest absolute Gasteiger partial charge is 0.495 e. The third kappa shape index (κ3) is 8.88. The molecule has 1 fully saturated rings. The molecule has 3 heterocycles. The Bertz CT molecular complexity index is 2270. The van der Waals surface area contributed by atoms with Crippen LogP contribution in [0.3, 0.4) is 0 Å². The van der Waals surface area contributed by atoms with Crippen molar-refractivity contribution < 1.29 is 31.8 Å². The van der Waals surface area contributed by atoms with E-state index in [0.717, 1.165) is 12.8 Å². The molecule has 12 nitrogen and oxygen atoms in total. The first-order valence-electron chi connectivity index (χ1n) is 17.0. The molecule has 1 aliphatic heterocycles. The lowest BCUT2D eigenvalue weighted by Gasteiger charge is -2.34. The van der Waals surface area contributed by atoms with Crippen molar-refractivity contribution in [3.63, 3.8) is 0 Å². The summed E-state index contributed by atoms with van der Waals surface area (Å²) in [6.45, 7) is 8.39. The number of nitrogens with one attached hydrogen (secondary N) is 2. The first-order valence-corrected chi connectivity index (χ1v) is 19.0. The minimum Gasteiger partial charge on any atom is -0.495 e. The fraction of sp³-hybridized carbons (Fsp3) is 0.316. The van der Waals surface area contributed by atoms with Crippen molar-refractivity contribution in [3.05, 3.63) is 95.0 Å². The zero-order chi connectivity index (χ0) is 37.9. The lowest BCUT2D eigenvalue weighted by Crippen LogP contribution is -2.47. The summed E-state index contributed by atoms with van der Waals surface area (Å²) in [5, 5.41) is 4.35. The van der Waals surface area contributed by atoms with Gasteiger partial charge in [0.05, 0.1) is 34.8 Å². The molecule has 1 aliphatic rings. The number of sulfonamides is 1. The van der Waals surface area contributed by atoms with E-state index in [9.17, 15) is 13.2 Å². The summed E-state index contributed by atoms with van der Waals surface area (Å²) >= 11 is 6.20. The normalized spacial score (nSPS) is 14.8. The number of hydrogen-bond donors (Lipinski definition) is 2. The van der Waals surface area contributed by atoms with Crippen molar-refractivity contribution >= 4 is 50.1 Å². The molecule has 0 saturated carbocycles. The van der Waals surface area contributed by atoms with E-state index in [1.807, 2.05) is 33.8 Å². The molecule has 0 aliphatic carbocycles. The maximum absolute atomic E-state index is 15.4. The average Bonchev–Trinajstić information content (AvgIpc) is 3.10. The van der Waals surface area contributed by atoms with Gasteiger partial charge in [0.15, 0.2) is 0 Å². The number of likely N-dealkylation sites (tertiary alicyclic amines) is 1. The van der Waals surface area contributed by atoms with Crippen LogP contribution < -0.4 is 19.5 Å². The average molecular weight is 763 g/mol. The second kappa shape index (κ2) is 15.4. The first-order chi connectivity index (χ1) is 25.2. The van der Waals surface area contributed by atoms with Crippen molar-refractivity contribution in [1.82, 2.24) is 19.9 Å². The molecule has 2 N–H and O–H groups in total. The summed E-state index contributed by atoms with van der Waals surface area (Å²) in [4.78, 5) is 28.1. The van der Waals surface area contributed by atoms with Crippen LogP contribution in [0.15, 0.2) is 73.1 Å². The monoisotopic (exact) mass is 762 g/mol. The summed E-state index contributed by atoms with van der Waals surface area (Å²) in [7, 11) is -2.74. The minimum absolute atomic E-state index is 0.0889. The molecule has 1 atom stereocenters. The molecule has 0 bridgehead atoms. The van der Waals surface area contributed by atoms with E-state index in [0.29, 0.717) is 52.6 Å². The minimum atomic E-state index is -4.13. The number of carbonyl (C=O) groups is 1. The number of rotatable bonds is 10. The van der Waals surface area contributed by atoms with E-state index >= 15 is 4.39 Å². The van der Waals surface area contributed by atoms with Gasteiger partial charge in [-0.15, -0.1) is 0 Å². The summed E-state index contributed by atoms with van der Waals surface area (Å²) in [6.07, 6.45) is 4.47. The Balaban J connectivity index is 1.26. The zero-order valence-corrected chi connectivity index (χ0v) is 31.5. The van der Waals surface area contributed by atoms with Crippen molar-refractivity contribution in [1.29, 1.82) is 0 Å². The molecule has 1 amide bonds. The number of ether oxygens (including phenoxy) is 3. The summed E-state index contributed by atoms with van der Waals surface area (Å²) in [6, 6.07) is 16.1. The Morgan fingerprint density at radius 2 is 1.81 bits per heavy atom. The third-order valence-electron chi connectivity index (χ3n) is 8.46. The molecule has 278 valence electrons. The van der Waals surface area contributed by atoms with Crippen molar-refractivity contribution in [3.8, 4) is 28.6 Å². The second-order valence-corrected chi connectivity index (χ2v) is 15.8. The van der Waals surface area contributed by atoms with Crippen LogP contribution in [-0.4, -0.2) is 66.2 Å². The fourth-order valence-corrected chi connectivity index (χ4v) is 7.60. The van der Waals surface area contributed by atoms with Crippen LogP contribution in [0.25, 0.3) is 22.0 Å². The highest BCUT2D eigenvalue weighted by Crippen LogP contribution is 2.40. The number of anilines is 2. The third-order valence-corrected chi connectivity index (χ3v) is 9.96. The Morgan fingerprint density at radius 1 is 1.02 bits per heavy atom. The van der Waals surface area contributed by atoms with E-state index in [1.165, 1.54) is 19.2 Å². The van der Waals surface area contributed by atoms with Gasteiger partial charge in [0.25, 0.3) is 0 Å². The second-order valence-electron chi connectivity index (χ2n) is 13.7. The van der Waals surface area contributed by atoms with Crippen LogP contribution >= 0.6 is 11.6 Å². The van der Waals surface area contributed by atoms with Gasteiger partial charge in [-0.2, -0.15) is 0 Å². The molecule has 6 rings (SSSR count). The number of para-hydroxylation sites is 1. The van der Waals surface area contributed by atoms with Gasteiger partial charge in [0.1, 0.15) is 22.9 Å². The lowest BCUT2D eigenvalue weighted by atomic mass is 10.0. The highest BCUT2D eigenvalue weighted by molar-refractivity contribution is 7.92. The predicted octanol–water partition coefficient (Wildman–Crippen LogP) is 8.35. The summed E-state index contributed by atoms with van der Waals surface area (Å²) < 4.78 is 61.9. The maximum atomic E-state index is 15.4. The number of nitrogens with zero attached hydrogens (tertiary/aromatic N) is 4. The maximum Gasteiger partial charge on any atom is 0.410 e. The lowest BCUT2D eigenvalue weighted by molar-refractivity contribution is 0.0206. The van der Waals surface area contributed by atoms with Gasteiger partial charge < -0.3 is 24.4 Å². The number of methoxy groups -OCH3 is 1. The molecular weight excluding hydrogens is 723 g/mol. The molecule has 2 aromatic heterocycles. The number of amides is 1. The van der Waals surface area contributed by atoms with Crippen LogP contribution in [0.4, 0.5) is 20.8 Å². The Morgan fingerprint density at radius 3 is 2.58 bits per heavy atom. The summed E-state index contributed by atoms with van der Waals surface area (Å²) in [5.74, 6) is -0.0892. The van der Waals surface area contributed by atoms with Crippen molar-refractivity contribution in [2.75, 3.05) is 30.2 Å². The first kappa shape index (κ1) is 37.5. The number of hydrogen-bond acceptors (Lipinski definition) is 10. The fourth-order valence-electron chi connectivity index (χ4n) is 6.10. The quantitative estimate of drug-likeness (QED) is 0.142. The van der Waals surface area contributed by atoms with E-state index in [2.05, 4.69) is 20.0 Å². The number of aryl methyl sites for hydroxylation is 1. The molecule has 15 heteroatoms. The van der Waals surface area contributed by atoms with Crippen LogP contribution in [0.5, 0.6) is 17.4 Å². The molecule has 0 radical (unpaired) electrons. The molecule has 0 spiro atoms. The Kier molecular flexibility index (Phi) is 10.9. The molecule has 5 aromatic rings. The van der Waals surface area contributed by atoms with Gasteiger partial charge in [-0.1, -0.05) is 35.9 Å². The number of halogens is 2. The van der Waals surface area contributed by atoms with Crippen molar-refractivity contribution in [2.45, 2.75) is 57.9 Å². The van der Waals surface area contributed by atoms with Crippen LogP contribution in [0, 0.1) is 12.7 Å². The van der Waals surface area contributed by atoms with Gasteiger partial charge in [0.2, 0.25) is 21.9 Å². The van der Waals surface area contributed by atoms with Crippen LogP contribution in [0.1, 0.15) is 44.7 Å². The van der Waals surface area contributed by atoms with Gasteiger partial charge in [-0.3, -0.25) is 4.72 Å². The number of pyridine rings is 1. The number of carbonyl (C=O) groups excluding carboxylic acids is 1.